The van der Waals surface area contributed by atoms with Gasteiger partial charge in [0.05, 0.1) is 6.20 Å². The summed E-state index contributed by atoms with van der Waals surface area (Å²) < 4.78 is 0. The first-order valence-electron chi connectivity index (χ1n) is 8.23. The van der Waals surface area contributed by atoms with Crippen molar-refractivity contribution in [3.05, 3.63) is 42.2 Å². The zero-order valence-corrected chi connectivity index (χ0v) is 14.7. The summed E-state index contributed by atoms with van der Waals surface area (Å²) in [5.74, 6) is 0.112. The van der Waals surface area contributed by atoms with Crippen molar-refractivity contribution < 1.29 is 9.59 Å². The van der Waals surface area contributed by atoms with Crippen LogP contribution in [0.4, 0.5) is 10.6 Å². The molecule has 0 aliphatic rings. The average molecular weight is 355 g/mol. The number of aromatic nitrogens is 4. The second kappa shape index (κ2) is 7.68. The van der Waals surface area contributed by atoms with Gasteiger partial charge in [-0.15, -0.1) is 5.10 Å². The number of fused-ring (bicyclic) bond motifs is 1. The van der Waals surface area contributed by atoms with Crippen molar-refractivity contribution in [3.8, 4) is 0 Å². The molecule has 0 saturated carbocycles. The summed E-state index contributed by atoms with van der Waals surface area (Å²) in [6, 6.07) is 7.75. The highest BCUT2D eigenvalue weighted by atomic mass is 16.2. The molecule has 3 N–H and O–H groups in total. The van der Waals surface area contributed by atoms with Gasteiger partial charge >= 0.3 is 6.03 Å². The Hall–Kier alpha value is -3.36. The fourth-order valence-electron chi connectivity index (χ4n) is 2.51. The normalized spacial score (nSPS) is 10.7. The Bertz CT molecular complexity index is 913. The van der Waals surface area contributed by atoms with Gasteiger partial charge in [-0.25, -0.2) is 4.79 Å². The highest BCUT2D eigenvalue weighted by molar-refractivity contribution is 5.87. The number of hydrogen-bond acceptors (Lipinski definition) is 4. The van der Waals surface area contributed by atoms with Crippen LogP contribution < -0.4 is 10.6 Å². The number of hydrogen-bond donors (Lipinski definition) is 3. The van der Waals surface area contributed by atoms with E-state index < -0.39 is 0 Å². The molecular weight excluding hydrogens is 334 g/mol. The monoisotopic (exact) mass is 355 g/mol. The molecule has 136 valence electrons. The summed E-state index contributed by atoms with van der Waals surface area (Å²) in [4.78, 5) is 29.4. The molecule has 0 fully saturated rings. The molecule has 0 aliphatic carbocycles. The van der Waals surface area contributed by atoms with Gasteiger partial charge in [0.25, 0.3) is 0 Å². The van der Waals surface area contributed by atoms with Crippen molar-refractivity contribution in [3.63, 3.8) is 0 Å². The summed E-state index contributed by atoms with van der Waals surface area (Å²) in [6.07, 6.45) is 4.10. The molecule has 0 bridgehead atoms. The average Bonchev–Trinajstić information content (AvgIpc) is 3.22. The lowest BCUT2D eigenvalue weighted by molar-refractivity contribution is -0.122. The smallest absolute Gasteiger partial charge is 0.322 e. The Labute approximate surface area is 150 Å². The van der Waals surface area contributed by atoms with Crippen molar-refractivity contribution >= 4 is 28.7 Å². The van der Waals surface area contributed by atoms with Crippen LogP contribution in [0.2, 0.25) is 0 Å². The van der Waals surface area contributed by atoms with E-state index in [0.29, 0.717) is 12.4 Å². The number of amides is 3. The number of anilines is 1. The lowest BCUT2D eigenvalue weighted by Crippen LogP contribution is -2.30. The molecule has 1 aromatic carbocycles. The predicted octanol–water partition coefficient (Wildman–Crippen LogP) is 1.21. The Morgan fingerprint density at radius 2 is 2.08 bits per heavy atom. The van der Waals surface area contributed by atoms with E-state index in [1.54, 1.807) is 14.1 Å². The molecule has 0 unspecified atom stereocenters. The second-order valence-corrected chi connectivity index (χ2v) is 6.04. The zero-order chi connectivity index (χ0) is 18.5. The van der Waals surface area contributed by atoms with E-state index in [1.165, 1.54) is 15.9 Å². The van der Waals surface area contributed by atoms with Crippen LogP contribution in [0.1, 0.15) is 5.56 Å². The van der Waals surface area contributed by atoms with E-state index in [-0.39, 0.29) is 18.5 Å². The van der Waals surface area contributed by atoms with Crippen molar-refractivity contribution in [2.75, 3.05) is 26.0 Å². The van der Waals surface area contributed by atoms with Crippen molar-refractivity contribution in [2.45, 2.75) is 13.0 Å². The third kappa shape index (κ3) is 4.18. The number of carbonyl (C=O) groups excluding carboxylic acids is 2. The number of urea groups is 1. The van der Waals surface area contributed by atoms with Crippen LogP contribution in [0.3, 0.4) is 0 Å². The lowest BCUT2D eigenvalue weighted by atomic mass is 10.1. The Morgan fingerprint density at radius 1 is 1.27 bits per heavy atom. The maximum Gasteiger partial charge on any atom is 0.322 e. The van der Waals surface area contributed by atoms with Crippen molar-refractivity contribution in [1.29, 1.82) is 0 Å². The molecule has 3 aromatic rings. The SMILES string of the molecule is CN(C)C(=O)Nc1cnn(CC(=O)NCCc2c[nH]c3ccccc23)n1. The summed E-state index contributed by atoms with van der Waals surface area (Å²) in [6.45, 7) is 0.512. The van der Waals surface area contributed by atoms with E-state index in [9.17, 15) is 9.59 Å². The number of aromatic amines is 1. The van der Waals surface area contributed by atoms with Gasteiger partial charge < -0.3 is 15.2 Å². The molecule has 2 heterocycles. The van der Waals surface area contributed by atoms with Gasteiger partial charge in [-0.1, -0.05) is 18.2 Å². The number of nitrogens with zero attached hydrogens (tertiary/aromatic N) is 4. The van der Waals surface area contributed by atoms with Gasteiger partial charge in [0.1, 0.15) is 6.54 Å². The molecule has 0 atom stereocenters. The van der Waals surface area contributed by atoms with Gasteiger partial charge in [-0.3, -0.25) is 10.1 Å². The van der Waals surface area contributed by atoms with Gasteiger partial charge in [0.2, 0.25) is 5.91 Å². The third-order valence-corrected chi connectivity index (χ3v) is 3.85. The quantitative estimate of drug-likeness (QED) is 0.618. The molecule has 3 amide bonds. The number of rotatable bonds is 6. The Balaban J connectivity index is 1.47. The van der Waals surface area contributed by atoms with E-state index >= 15 is 0 Å². The molecule has 3 rings (SSSR count). The highest BCUT2D eigenvalue weighted by Gasteiger charge is 2.10. The number of benzene rings is 1. The summed E-state index contributed by atoms with van der Waals surface area (Å²) >= 11 is 0. The molecular formula is C17H21N7O2. The predicted molar refractivity (Wildman–Crippen MR) is 97.7 cm³/mol. The number of para-hydroxylation sites is 1. The largest absolute Gasteiger partial charge is 0.361 e. The van der Waals surface area contributed by atoms with Gasteiger partial charge in [0.15, 0.2) is 5.82 Å². The lowest BCUT2D eigenvalue weighted by Gasteiger charge is -2.09. The van der Waals surface area contributed by atoms with Gasteiger partial charge in [-0.2, -0.15) is 9.90 Å². The van der Waals surface area contributed by atoms with E-state index in [0.717, 1.165) is 22.9 Å². The molecule has 0 radical (unpaired) electrons. The maximum atomic E-state index is 12.0. The maximum absolute atomic E-state index is 12.0. The van der Waals surface area contributed by atoms with Crippen molar-refractivity contribution in [1.82, 2.24) is 30.2 Å². The number of nitrogens with one attached hydrogen (secondary N) is 3. The minimum Gasteiger partial charge on any atom is -0.361 e. The minimum absolute atomic E-state index is 0.00821. The standard InChI is InChI=1S/C17H21N7O2/c1-23(2)17(26)21-15-10-20-24(22-15)11-16(25)18-8-7-12-9-19-14-6-4-3-5-13(12)14/h3-6,9-10,19H,7-8,11H2,1-2H3,(H,18,25)(H,21,22,26). The van der Waals surface area contributed by atoms with Crippen LogP contribution >= 0.6 is 0 Å². The molecule has 0 saturated heterocycles. The Kier molecular flexibility index (Phi) is 5.16. The Morgan fingerprint density at radius 3 is 2.88 bits per heavy atom. The van der Waals surface area contributed by atoms with Crippen LogP contribution in [0.25, 0.3) is 10.9 Å². The molecule has 0 spiro atoms. The third-order valence-electron chi connectivity index (χ3n) is 3.85. The summed E-state index contributed by atoms with van der Waals surface area (Å²) in [5.41, 5.74) is 2.24. The van der Waals surface area contributed by atoms with Crippen LogP contribution in [-0.4, -0.2) is 57.5 Å². The summed E-state index contributed by atoms with van der Waals surface area (Å²) in [7, 11) is 3.25. The zero-order valence-electron chi connectivity index (χ0n) is 14.7. The summed E-state index contributed by atoms with van der Waals surface area (Å²) in [5, 5.41) is 14.6. The van der Waals surface area contributed by atoms with Crippen LogP contribution in [0.5, 0.6) is 0 Å². The first-order valence-corrected chi connectivity index (χ1v) is 8.23. The van der Waals surface area contributed by atoms with Crippen LogP contribution in [0, 0.1) is 0 Å². The van der Waals surface area contributed by atoms with Crippen molar-refractivity contribution in [2.24, 2.45) is 0 Å². The first kappa shape index (κ1) is 17.5. The molecule has 26 heavy (non-hydrogen) atoms. The topological polar surface area (TPSA) is 108 Å². The van der Waals surface area contributed by atoms with E-state index in [1.807, 2.05) is 24.4 Å². The number of H-pyrrole nitrogens is 1. The minimum atomic E-state index is -0.305. The fourth-order valence-corrected chi connectivity index (χ4v) is 2.51. The van der Waals surface area contributed by atoms with Gasteiger partial charge in [0, 0.05) is 37.7 Å². The second-order valence-electron chi connectivity index (χ2n) is 6.04. The fraction of sp³-hybridized carbons (Fsp3) is 0.294. The van der Waals surface area contributed by atoms with E-state index in [2.05, 4.69) is 31.9 Å². The van der Waals surface area contributed by atoms with Crippen LogP contribution in [-0.2, 0) is 17.8 Å². The highest BCUT2D eigenvalue weighted by Crippen LogP contribution is 2.17. The van der Waals surface area contributed by atoms with Gasteiger partial charge in [-0.05, 0) is 18.1 Å². The van der Waals surface area contributed by atoms with E-state index in [4.69, 9.17) is 0 Å². The van der Waals surface area contributed by atoms with Crippen LogP contribution in [0.15, 0.2) is 36.7 Å². The molecule has 0 aliphatic heterocycles. The molecule has 9 heteroatoms. The number of carbonyl (C=O) groups is 2. The molecule has 9 nitrogen and oxygen atoms in total. The first-order chi connectivity index (χ1) is 12.5. The molecule has 2 aromatic heterocycles.